The van der Waals surface area contributed by atoms with Crippen molar-refractivity contribution in [2.45, 2.75) is 25.7 Å². The summed E-state index contributed by atoms with van der Waals surface area (Å²) in [5.74, 6) is 0.0827. The Labute approximate surface area is 149 Å². The maximum atomic E-state index is 12.6. The molecule has 0 unspecified atom stereocenters. The van der Waals surface area contributed by atoms with Crippen molar-refractivity contribution in [3.8, 4) is 0 Å². The van der Waals surface area contributed by atoms with E-state index < -0.39 is 0 Å². The zero-order chi connectivity index (χ0) is 17.5. The van der Waals surface area contributed by atoms with Gasteiger partial charge in [-0.1, -0.05) is 79.7 Å². The molecule has 0 spiro atoms. The zero-order valence-electron chi connectivity index (χ0n) is 14.5. The van der Waals surface area contributed by atoms with Gasteiger partial charge in [-0.3, -0.25) is 4.79 Å². The van der Waals surface area contributed by atoms with Gasteiger partial charge in [-0.05, 0) is 35.2 Å². The van der Waals surface area contributed by atoms with Crippen molar-refractivity contribution in [3.63, 3.8) is 0 Å². The quantitative estimate of drug-likeness (QED) is 0.643. The summed E-state index contributed by atoms with van der Waals surface area (Å²) in [4.78, 5) is 12.6. The smallest absolute Gasteiger partial charge is 0.225 e. The lowest BCUT2D eigenvalue weighted by molar-refractivity contribution is -0.116. The molecule has 3 aromatic carbocycles. The van der Waals surface area contributed by atoms with Crippen molar-refractivity contribution in [2.75, 3.05) is 5.32 Å². The van der Waals surface area contributed by atoms with Gasteiger partial charge in [0.15, 0.2) is 0 Å². The van der Waals surface area contributed by atoms with E-state index in [2.05, 4.69) is 48.6 Å². The second-order valence-electron chi connectivity index (χ2n) is 6.18. The van der Waals surface area contributed by atoms with E-state index in [4.69, 9.17) is 0 Å². The fraction of sp³-hybridized carbons (Fsp3) is 0.174. The van der Waals surface area contributed by atoms with E-state index in [1.165, 1.54) is 5.56 Å². The molecule has 3 aromatic rings. The average molecular weight is 329 g/mol. The zero-order valence-corrected chi connectivity index (χ0v) is 14.5. The molecule has 0 heterocycles. The molecule has 2 nitrogen and oxygen atoms in total. The highest BCUT2D eigenvalue weighted by atomic mass is 16.1. The Morgan fingerprint density at radius 3 is 1.80 bits per heavy atom. The Balaban J connectivity index is 1.76. The van der Waals surface area contributed by atoms with E-state index in [0.29, 0.717) is 6.42 Å². The van der Waals surface area contributed by atoms with Crippen LogP contribution in [0.15, 0.2) is 84.9 Å². The van der Waals surface area contributed by atoms with Crippen molar-refractivity contribution >= 4 is 11.6 Å². The summed E-state index contributed by atoms with van der Waals surface area (Å²) in [6.07, 6.45) is 1.42. The molecular formula is C23H23NO. The Hall–Kier alpha value is -2.87. The van der Waals surface area contributed by atoms with Crippen molar-refractivity contribution in [3.05, 3.63) is 102 Å². The number of carbonyl (C=O) groups excluding carboxylic acids is 1. The second kappa shape index (κ2) is 8.29. The maximum Gasteiger partial charge on any atom is 0.225 e. The van der Waals surface area contributed by atoms with Gasteiger partial charge < -0.3 is 5.32 Å². The third kappa shape index (κ3) is 4.57. The molecule has 0 bridgehead atoms. The first-order valence-electron chi connectivity index (χ1n) is 8.75. The Morgan fingerprint density at radius 2 is 1.32 bits per heavy atom. The molecule has 126 valence electrons. The molecule has 3 rings (SSSR count). The van der Waals surface area contributed by atoms with E-state index in [1.807, 2.05) is 48.5 Å². The van der Waals surface area contributed by atoms with Crippen LogP contribution in [-0.2, 0) is 11.2 Å². The van der Waals surface area contributed by atoms with Crippen LogP contribution in [0.5, 0.6) is 0 Å². The number of benzene rings is 3. The molecule has 0 aliphatic heterocycles. The second-order valence-corrected chi connectivity index (χ2v) is 6.18. The minimum absolute atomic E-state index is 0.0296. The van der Waals surface area contributed by atoms with Crippen LogP contribution in [-0.4, -0.2) is 5.91 Å². The SMILES string of the molecule is CCc1ccc(NC(=O)CC(c2ccccc2)c2ccccc2)cc1. The molecule has 2 heteroatoms. The normalized spacial score (nSPS) is 10.6. The summed E-state index contributed by atoms with van der Waals surface area (Å²) in [5.41, 5.74) is 4.43. The minimum atomic E-state index is 0.0296. The minimum Gasteiger partial charge on any atom is -0.326 e. The predicted molar refractivity (Wildman–Crippen MR) is 104 cm³/mol. The molecule has 0 aliphatic carbocycles. The lowest BCUT2D eigenvalue weighted by Crippen LogP contribution is -2.16. The first-order valence-corrected chi connectivity index (χ1v) is 8.75. The molecule has 0 saturated carbocycles. The molecule has 0 radical (unpaired) electrons. The topological polar surface area (TPSA) is 29.1 Å². The van der Waals surface area contributed by atoms with Gasteiger partial charge in [0.05, 0.1) is 0 Å². The third-order valence-corrected chi connectivity index (χ3v) is 4.44. The van der Waals surface area contributed by atoms with Gasteiger partial charge in [-0.2, -0.15) is 0 Å². The standard InChI is InChI=1S/C23H23NO/c1-2-18-13-15-21(16-14-18)24-23(25)17-22(19-9-5-3-6-10-19)20-11-7-4-8-12-20/h3-16,22H,2,17H2,1H3,(H,24,25). The van der Waals surface area contributed by atoms with Gasteiger partial charge >= 0.3 is 0 Å². The average Bonchev–Trinajstić information content (AvgIpc) is 2.68. The van der Waals surface area contributed by atoms with Crippen LogP contribution >= 0.6 is 0 Å². The van der Waals surface area contributed by atoms with Crippen LogP contribution in [0.3, 0.4) is 0 Å². The summed E-state index contributed by atoms with van der Waals surface area (Å²) < 4.78 is 0. The highest BCUT2D eigenvalue weighted by Gasteiger charge is 2.18. The molecule has 0 fully saturated rings. The maximum absolute atomic E-state index is 12.6. The summed E-state index contributed by atoms with van der Waals surface area (Å²) in [7, 11) is 0. The predicted octanol–water partition coefficient (Wildman–Crippen LogP) is 5.41. The molecule has 1 N–H and O–H groups in total. The van der Waals surface area contributed by atoms with Crippen LogP contribution in [0.25, 0.3) is 0 Å². The number of hydrogen-bond acceptors (Lipinski definition) is 1. The number of aryl methyl sites for hydroxylation is 1. The number of carbonyl (C=O) groups is 1. The number of anilines is 1. The largest absolute Gasteiger partial charge is 0.326 e. The number of rotatable bonds is 6. The highest BCUT2D eigenvalue weighted by Crippen LogP contribution is 2.28. The van der Waals surface area contributed by atoms with E-state index >= 15 is 0 Å². The van der Waals surface area contributed by atoms with Crippen LogP contribution in [0.1, 0.15) is 36.0 Å². The summed E-state index contributed by atoms with van der Waals surface area (Å²) in [5, 5.41) is 3.02. The van der Waals surface area contributed by atoms with Gasteiger partial charge in [0.2, 0.25) is 5.91 Å². The molecular weight excluding hydrogens is 306 g/mol. The first-order chi connectivity index (χ1) is 12.3. The van der Waals surface area contributed by atoms with Gasteiger partial charge in [0.1, 0.15) is 0 Å². The van der Waals surface area contributed by atoms with Crippen LogP contribution in [0, 0.1) is 0 Å². The van der Waals surface area contributed by atoms with Crippen molar-refractivity contribution < 1.29 is 4.79 Å². The molecule has 25 heavy (non-hydrogen) atoms. The van der Waals surface area contributed by atoms with Gasteiger partial charge in [-0.15, -0.1) is 0 Å². The number of hydrogen-bond donors (Lipinski definition) is 1. The van der Waals surface area contributed by atoms with E-state index in [1.54, 1.807) is 0 Å². The molecule has 1 amide bonds. The van der Waals surface area contributed by atoms with Crippen LogP contribution in [0.2, 0.25) is 0 Å². The number of nitrogens with one attached hydrogen (secondary N) is 1. The Bertz CT molecular complexity index is 755. The molecule has 0 aromatic heterocycles. The van der Waals surface area contributed by atoms with Crippen LogP contribution in [0.4, 0.5) is 5.69 Å². The van der Waals surface area contributed by atoms with E-state index in [9.17, 15) is 4.79 Å². The van der Waals surface area contributed by atoms with Crippen molar-refractivity contribution in [1.82, 2.24) is 0 Å². The lowest BCUT2D eigenvalue weighted by Gasteiger charge is -2.18. The third-order valence-electron chi connectivity index (χ3n) is 4.44. The number of amides is 1. The van der Waals surface area contributed by atoms with Crippen LogP contribution < -0.4 is 5.32 Å². The van der Waals surface area contributed by atoms with E-state index in [0.717, 1.165) is 23.2 Å². The molecule has 0 atom stereocenters. The van der Waals surface area contributed by atoms with Gasteiger partial charge in [0.25, 0.3) is 0 Å². The monoisotopic (exact) mass is 329 g/mol. The van der Waals surface area contributed by atoms with Crippen molar-refractivity contribution in [1.29, 1.82) is 0 Å². The summed E-state index contributed by atoms with van der Waals surface area (Å²) >= 11 is 0. The summed E-state index contributed by atoms with van der Waals surface area (Å²) in [6.45, 7) is 2.12. The van der Waals surface area contributed by atoms with Gasteiger partial charge in [0, 0.05) is 18.0 Å². The van der Waals surface area contributed by atoms with Crippen molar-refractivity contribution in [2.24, 2.45) is 0 Å². The van der Waals surface area contributed by atoms with E-state index in [-0.39, 0.29) is 11.8 Å². The Morgan fingerprint density at radius 1 is 0.800 bits per heavy atom. The lowest BCUT2D eigenvalue weighted by atomic mass is 9.88. The molecule has 0 saturated heterocycles. The van der Waals surface area contributed by atoms with Gasteiger partial charge in [-0.25, -0.2) is 0 Å². The summed E-state index contributed by atoms with van der Waals surface area (Å²) in [6, 6.07) is 28.5. The Kier molecular flexibility index (Phi) is 5.63. The fourth-order valence-corrected chi connectivity index (χ4v) is 3.02. The first kappa shape index (κ1) is 17.0. The molecule has 0 aliphatic rings. The highest BCUT2D eigenvalue weighted by molar-refractivity contribution is 5.91. The fourth-order valence-electron chi connectivity index (χ4n) is 3.02.